The molecule has 102 valence electrons. The van der Waals surface area contributed by atoms with Crippen LogP contribution in [0.4, 0.5) is 0 Å². The minimum atomic E-state index is -0.194. The van der Waals surface area contributed by atoms with Crippen LogP contribution in [0.3, 0.4) is 0 Å². The van der Waals surface area contributed by atoms with Crippen LogP contribution in [0.25, 0.3) is 0 Å². The van der Waals surface area contributed by atoms with Crippen molar-refractivity contribution >= 4 is 0 Å². The highest BCUT2D eigenvalue weighted by Gasteiger charge is 2.20. The van der Waals surface area contributed by atoms with E-state index in [1.54, 1.807) is 0 Å². The number of nitrogens with zero attached hydrogens (tertiary/aromatic N) is 1. The van der Waals surface area contributed by atoms with Gasteiger partial charge in [0.05, 0.1) is 6.10 Å². The van der Waals surface area contributed by atoms with E-state index >= 15 is 0 Å². The summed E-state index contributed by atoms with van der Waals surface area (Å²) in [6.07, 6.45) is 3.80. The van der Waals surface area contributed by atoms with E-state index in [1.165, 1.54) is 5.56 Å². The van der Waals surface area contributed by atoms with Crippen LogP contribution in [0.15, 0.2) is 30.3 Å². The van der Waals surface area contributed by atoms with Crippen molar-refractivity contribution in [2.45, 2.75) is 51.7 Å². The molecule has 2 nitrogen and oxygen atoms in total. The molecule has 0 amide bonds. The highest BCUT2D eigenvalue weighted by atomic mass is 16.3. The molecule has 0 fully saturated rings. The van der Waals surface area contributed by atoms with Crippen molar-refractivity contribution in [3.05, 3.63) is 35.9 Å². The van der Waals surface area contributed by atoms with E-state index in [1.807, 2.05) is 6.07 Å². The van der Waals surface area contributed by atoms with Crippen molar-refractivity contribution in [2.24, 2.45) is 0 Å². The number of rotatable bonds is 8. The lowest BCUT2D eigenvalue weighted by atomic mass is 10.0. The Morgan fingerprint density at radius 2 is 1.83 bits per heavy atom. The number of hydrogen-bond donors (Lipinski definition) is 1. The van der Waals surface area contributed by atoms with Crippen molar-refractivity contribution in [2.75, 3.05) is 13.6 Å². The number of aliphatic hydroxyl groups excluding tert-OH is 1. The minimum Gasteiger partial charge on any atom is -0.391 e. The summed E-state index contributed by atoms with van der Waals surface area (Å²) in [5.41, 5.74) is 1.36. The van der Waals surface area contributed by atoms with Gasteiger partial charge in [0.25, 0.3) is 0 Å². The molecule has 1 aromatic carbocycles. The van der Waals surface area contributed by atoms with Crippen LogP contribution in [-0.4, -0.2) is 35.7 Å². The maximum Gasteiger partial charge on any atom is 0.0695 e. The number of likely N-dealkylation sites (N-methyl/N-ethyl adjacent to an activating group) is 1. The summed E-state index contributed by atoms with van der Waals surface area (Å²) < 4.78 is 0. The number of benzene rings is 1. The van der Waals surface area contributed by atoms with Gasteiger partial charge >= 0.3 is 0 Å². The highest BCUT2D eigenvalue weighted by molar-refractivity contribution is 5.14. The Morgan fingerprint density at radius 3 is 2.39 bits per heavy atom. The molecule has 0 aliphatic rings. The van der Waals surface area contributed by atoms with Crippen molar-refractivity contribution in [3.63, 3.8) is 0 Å². The third-order valence-corrected chi connectivity index (χ3v) is 3.61. The normalized spacial score (nSPS) is 14.7. The molecule has 1 aromatic rings. The zero-order chi connectivity index (χ0) is 13.4. The first-order valence-corrected chi connectivity index (χ1v) is 7.11. The zero-order valence-electron chi connectivity index (χ0n) is 12.0. The summed E-state index contributed by atoms with van der Waals surface area (Å²) in [5, 5.41) is 10.1. The Kier molecular flexibility index (Phi) is 6.99. The molecular weight excluding hydrogens is 222 g/mol. The molecule has 1 rings (SSSR count). The summed E-state index contributed by atoms with van der Waals surface area (Å²) in [6, 6.07) is 10.8. The fraction of sp³-hybridized carbons (Fsp3) is 0.625. The predicted molar refractivity (Wildman–Crippen MR) is 77.8 cm³/mol. The molecule has 2 unspecified atom stereocenters. The Morgan fingerprint density at radius 1 is 1.17 bits per heavy atom. The summed E-state index contributed by atoms with van der Waals surface area (Å²) in [5.74, 6) is 0. The third kappa shape index (κ3) is 4.79. The topological polar surface area (TPSA) is 23.5 Å². The Labute approximate surface area is 112 Å². The summed E-state index contributed by atoms with van der Waals surface area (Å²) in [6.45, 7) is 5.28. The first-order valence-electron chi connectivity index (χ1n) is 7.11. The van der Waals surface area contributed by atoms with Gasteiger partial charge in [0.2, 0.25) is 0 Å². The molecular formula is C16H27NO. The lowest BCUT2D eigenvalue weighted by Crippen LogP contribution is -2.41. The van der Waals surface area contributed by atoms with E-state index in [2.05, 4.69) is 50.1 Å². The SMILES string of the molecule is CCCC(O)C(CC)N(C)CCc1ccccc1. The van der Waals surface area contributed by atoms with Gasteiger partial charge in [-0.15, -0.1) is 0 Å². The van der Waals surface area contributed by atoms with Crippen LogP contribution in [0, 0.1) is 0 Å². The number of aliphatic hydroxyl groups is 1. The van der Waals surface area contributed by atoms with Crippen molar-refractivity contribution in [1.82, 2.24) is 4.90 Å². The Hall–Kier alpha value is -0.860. The molecule has 0 bridgehead atoms. The molecule has 0 heterocycles. The first-order chi connectivity index (χ1) is 8.69. The van der Waals surface area contributed by atoms with Gasteiger partial charge in [0, 0.05) is 12.6 Å². The van der Waals surface area contributed by atoms with Crippen molar-refractivity contribution in [3.8, 4) is 0 Å². The highest BCUT2D eigenvalue weighted by Crippen LogP contribution is 2.13. The van der Waals surface area contributed by atoms with E-state index in [4.69, 9.17) is 0 Å². The number of hydrogen-bond acceptors (Lipinski definition) is 2. The molecule has 2 atom stereocenters. The Balaban J connectivity index is 2.44. The third-order valence-electron chi connectivity index (χ3n) is 3.61. The van der Waals surface area contributed by atoms with E-state index in [0.29, 0.717) is 0 Å². The molecule has 18 heavy (non-hydrogen) atoms. The van der Waals surface area contributed by atoms with Gasteiger partial charge in [0.15, 0.2) is 0 Å². The van der Waals surface area contributed by atoms with Gasteiger partial charge in [0.1, 0.15) is 0 Å². The van der Waals surface area contributed by atoms with E-state index in [-0.39, 0.29) is 12.1 Å². The summed E-state index contributed by atoms with van der Waals surface area (Å²) in [4.78, 5) is 2.30. The second kappa shape index (κ2) is 8.28. The van der Waals surface area contributed by atoms with Gasteiger partial charge in [-0.05, 0) is 31.9 Å². The van der Waals surface area contributed by atoms with Crippen LogP contribution < -0.4 is 0 Å². The fourth-order valence-corrected chi connectivity index (χ4v) is 2.48. The van der Waals surface area contributed by atoms with Gasteiger partial charge in [-0.2, -0.15) is 0 Å². The Bertz CT molecular complexity index is 312. The van der Waals surface area contributed by atoms with Gasteiger partial charge in [-0.3, -0.25) is 0 Å². The monoisotopic (exact) mass is 249 g/mol. The van der Waals surface area contributed by atoms with Crippen molar-refractivity contribution in [1.29, 1.82) is 0 Å². The molecule has 0 spiro atoms. The van der Waals surface area contributed by atoms with Gasteiger partial charge in [-0.25, -0.2) is 0 Å². The lowest BCUT2D eigenvalue weighted by Gasteiger charge is -2.31. The van der Waals surface area contributed by atoms with Gasteiger partial charge < -0.3 is 10.0 Å². The first kappa shape index (κ1) is 15.2. The second-order valence-corrected chi connectivity index (χ2v) is 5.05. The van der Waals surface area contributed by atoms with Crippen LogP contribution in [0.5, 0.6) is 0 Å². The average molecular weight is 249 g/mol. The maximum absolute atomic E-state index is 10.1. The van der Waals surface area contributed by atoms with Crippen LogP contribution >= 0.6 is 0 Å². The zero-order valence-corrected chi connectivity index (χ0v) is 12.0. The minimum absolute atomic E-state index is 0.194. The second-order valence-electron chi connectivity index (χ2n) is 5.05. The van der Waals surface area contributed by atoms with E-state index in [0.717, 1.165) is 32.2 Å². The maximum atomic E-state index is 10.1. The molecule has 2 heteroatoms. The standard InChI is InChI=1S/C16H27NO/c1-4-9-16(18)15(5-2)17(3)13-12-14-10-7-6-8-11-14/h6-8,10-11,15-16,18H,4-5,9,12-13H2,1-3H3. The van der Waals surface area contributed by atoms with Crippen LogP contribution in [-0.2, 0) is 6.42 Å². The van der Waals surface area contributed by atoms with Crippen LogP contribution in [0.2, 0.25) is 0 Å². The fourth-order valence-electron chi connectivity index (χ4n) is 2.48. The van der Waals surface area contributed by atoms with Crippen LogP contribution in [0.1, 0.15) is 38.7 Å². The molecule has 0 saturated heterocycles. The molecule has 0 aliphatic heterocycles. The summed E-state index contributed by atoms with van der Waals surface area (Å²) in [7, 11) is 2.12. The van der Waals surface area contributed by atoms with E-state index < -0.39 is 0 Å². The molecule has 0 aliphatic carbocycles. The van der Waals surface area contributed by atoms with Crippen molar-refractivity contribution < 1.29 is 5.11 Å². The smallest absolute Gasteiger partial charge is 0.0695 e. The summed E-state index contributed by atoms with van der Waals surface area (Å²) >= 11 is 0. The quantitative estimate of drug-likeness (QED) is 0.765. The molecule has 1 N–H and O–H groups in total. The lowest BCUT2D eigenvalue weighted by molar-refractivity contribution is 0.0547. The van der Waals surface area contributed by atoms with Gasteiger partial charge in [-0.1, -0.05) is 50.6 Å². The molecule has 0 aromatic heterocycles. The predicted octanol–water partition coefficient (Wildman–Crippen LogP) is 3.10. The average Bonchev–Trinajstić information content (AvgIpc) is 2.39. The molecule has 0 saturated carbocycles. The van der Waals surface area contributed by atoms with E-state index in [9.17, 15) is 5.11 Å². The largest absolute Gasteiger partial charge is 0.391 e. The molecule has 0 radical (unpaired) electrons.